The maximum atomic E-state index is 13.0. The summed E-state index contributed by atoms with van der Waals surface area (Å²) < 4.78 is 14.0. The number of hydrogen-bond acceptors (Lipinski definition) is 1. The van der Waals surface area contributed by atoms with Crippen molar-refractivity contribution in [3.8, 4) is 0 Å². The molecule has 1 aliphatic rings. The molecule has 0 spiro atoms. The largest absolute Gasteiger partial charge is 0.331 e. The summed E-state index contributed by atoms with van der Waals surface area (Å²) in [5.41, 5.74) is 1.62. The number of hydrogen-bond donors (Lipinski definition) is 0. The molecule has 0 N–H and O–H groups in total. The first-order chi connectivity index (χ1) is 10.1. The van der Waals surface area contributed by atoms with Gasteiger partial charge in [-0.05, 0) is 48.7 Å². The molecule has 2 aromatic carbocycles. The Labute approximate surface area is 131 Å². The maximum absolute atomic E-state index is 13.0. The first-order valence-corrected chi connectivity index (χ1v) is 7.74. The van der Waals surface area contributed by atoms with Crippen LogP contribution >= 0.6 is 15.9 Å². The molecule has 0 atom stereocenters. The van der Waals surface area contributed by atoms with Crippen molar-refractivity contribution in [2.45, 2.75) is 25.4 Å². The lowest BCUT2D eigenvalue weighted by molar-refractivity contribution is 0.0729. The first kappa shape index (κ1) is 14.3. The van der Waals surface area contributed by atoms with Crippen molar-refractivity contribution in [3.63, 3.8) is 0 Å². The van der Waals surface area contributed by atoms with Gasteiger partial charge in [0.1, 0.15) is 5.82 Å². The Kier molecular flexibility index (Phi) is 4.06. The second-order valence-electron chi connectivity index (χ2n) is 5.26. The summed E-state index contributed by atoms with van der Waals surface area (Å²) in [7, 11) is 0. The highest BCUT2D eigenvalue weighted by atomic mass is 79.9. The lowest BCUT2D eigenvalue weighted by Crippen LogP contribution is -2.32. The van der Waals surface area contributed by atoms with Crippen LogP contribution in [0.5, 0.6) is 0 Å². The van der Waals surface area contributed by atoms with Gasteiger partial charge in [-0.3, -0.25) is 4.79 Å². The van der Waals surface area contributed by atoms with Crippen LogP contribution in [0.25, 0.3) is 0 Å². The van der Waals surface area contributed by atoms with E-state index in [1.165, 1.54) is 12.1 Å². The summed E-state index contributed by atoms with van der Waals surface area (Å²) >= 11 is 3.52. The molecule has 1 saturated carbocycles. The van der Waals surface area contributed by atoms with Crippen molar-refractivity contribution >= 4 is 21.8 Å². The standard InChI is InChI=1S/C17H15BrFNO/c18-16-4-2-1-3-13(16)11-20(15-9-10-15)17(21)12-5-7-14(19)8-6-12/h1-8,15H,9-11H2. The highest BCUT2D eigenvalue weighted by Crippen LogP contribution is 2.31. The summed E-state index contributed by atoms with van der Waals surface area (Å²) in [6, 6.07) is 14.0. The van der Waals surface area contributed by atoms with Crippen LogP contribution in [0.2, 0.25) is 0 Å². The van der Waals surface area contributed by atoms with E-state index in [1.54, 1.807) is 12.1 Å². The van der Waals surface area contributed by atoms with E-state index in [0.29, 0.717) is 18.2 Å². The van der Waals surface area contributed by atoms with E-state index in [9.17, 15) is 9.18 Å². The second-order valence-corrected chi connectivity index (χ2v) is 6.12. The SMILES string of the molecule is O=C(c1ccc(F)cc1)N(Cc1ccccc1Br)C1CC1. The Morgan fingerprint density at radius 1 is 1.14 bits per heavy atom. The molecular formula is C17H15BrFNO. The molecule has 2 nitrogen and oxygen atoms in total. The molecule has 0 heterocycles. The monoisotopic (exact) mass is 347 g/mol. The van der Waals surface area contributed by atoms with Crippen LogP contribution in [0.1, 0.15) is 28.8 Å². The molecule has 2 aromatic rings. The topological polar surface area (TPSA) is 20.3 Å². The molecule has 3 rings (SSSR count). The van der Waals surface area contributed by atoms with Crippen molar-refractivity contribution in [2.24, 2.45) is 0 Å². The van der Waals surface area contributed by atoms with Gasteiger partial charge < -0.3 is 4.90 Å². The van der Waals surface area contributed by atoms with Crippen LogP contribution < -0.4 is 0 Å². The molecule has 0 bridgehead atoms. The molecule has 1 amide bonds. The van der Waals surface area contributed by atoms with Gasteiger partial charge in [-0.2, -0.15) is 0 Å². The molecule has 0 unspecified atom stereocenters. The number of carbonyl (C=O) groups is 1. The number of halogens is 2. The average Bonchev–Trinajstić information content (AvgIpc) is 3.31. The summed E-state index contributed by atoms with van der Waals surface area (Å²) in [6.45, 7) is 0.572. The summed E-state index contributed by atoms with van der Waals surface area (Å²) in [4.78, 5) is 14.5. The molecule has 1 aliphatic carbocycles. The minimum Gasteiger partial charge on any atom is -0.331 e. The van der Waals surface area contributed by atoms with Gasteiger partial charge in [0.25, 0.3) is 5.91 Å². The zero-order chi connectivity index (χ0) is 14.8. The number of amides is 1. The summed E-state index contributed by atoms with van der Waals surface area (Å²) in [5.74, 6) is -0.358. The van der Waals surface area contributed by atoms with Gasteiger partial charge in [0.05, 0.1) is 0 Å². The van der Waals surface area contributed by atoms with Gasteiger partial charge in [0.15, 0.2) is 0 Å². The van der Waals surface area contributed by atoms with E-state index in [0.717, 1.165) is 22.9 Å². The third-order valence-corrected chi connectivity index (χ3v) is 4.41. The quantitative estimate of drug-likeness (QED) is 0.802. The Hall–Kier alpha value is -1.68. The van der Waals surface area contributed by atoms with Crippen molar-refractivity contribution in [3.05, 3.63) is 69.9 Å². The van der Waals surface area contributed by atoms with E-state index >= 15 is 0 Å². The molecule has 0 saturated heterocycles. The molecule has 21 heavy (non-hydrogen) atoms. The van der Waals surface area contributed by atoms with Crippen LogP contribution in [0.15, 0.2) is 53.0 Å². The Bertz CT molecular complexity index is 652. The predicted octanol–water partition coefficient (Wildman–Crippen LogP) is 4.39. The number of carbonyl (C=O) groups excluding carboxylic acids is 1. The number of benzene rings is 2. The van der Waals surface area contributed by atoms with Gasteiger partial charge >= 0.3 is 0 Å². The van der Waals surface area contributed by atoms with E-state index in [4.69, 9.17) is 0 Å². The Morgan fingerprint density at radius 3 is 2.43 bits per heavy atom. The Morgan fingerprint density at radius 2 is 1.81 bits per heavy atom. The number of nitrogens with zero attached hydrogens (tertiary/aromatic N) is 1. The zero-order valence-corrected chi connectivity index (χ0v) is 13.0. The molecule has 4 heteroatoms. The van der Waals surface area contributed by atoms with E-state index < -0.39 is 0 Å². The van der Waals surface area contributed by atoms with Gasteiger partial charge in [0, 0.05) is 22.6 Å². The van der Waals surface area contributed by atoms with Gasteiger partial charge in [-0.15, -0.1) is 0 Å². The third-order valence-electron chi connectivity index (χ3n) is 3.64. The van der Waals surface area contributed by atoms with Crippen LogP contribution in [0, 0.1) is 5.82 Å². The van der Waals surface area contributed by atoms with E-state index in [-0.39, 0.29) is 11.7 Å². The molecular weight excluding hydrogens is 333 g/mol. The molecule has 108 valence electrons. The zero-order valence-electron chi connectivity index (χ0n) is 11.4. The highest BCUT2D eigenvalue weighted by Gasteiger charge is 2.33. The van der Waals surface area contributed by atoms with Crippen molar-refractivity contribution < 1.29 is 9.18 Å². The highest BCUT2D eigenvalue weighted by molar-refractivity contribution is 9.10. The summed E-state index contributed by atoms with van der Waals surface area (Å²) in [6.07, 6.45) is 2.08. The minimum atomic E-state index is -0.324. The fourth-order valence-electron chi connectivity index (χ4n) is 2.32. The molecule has 0 aliphatic heterocycles. The fraction of sp³-hybridized carbons (Fsp3) is 0.235. The van der Waals surface area contributed by atoms with Crippen molar-refractivity contribution in [1.29, 1.82) is 0 Å². The fourth-order valence-corrected chi connectivity index (χ4v) is 2.73. The van der Waals surface area contributed by atoms with Crippen LogP contribution in [0.3, 0.4) is 0 Å². The lowest BCUT2D eigenvalue weighted by Gasteiger charge is -2.23. The maximum Gasteiger partial charge on any atom is 0.254 e. The van der Waals surface area contributed by atoms with Crippen LogP contribution in [-0.2, 0) is 6.54 Å². The van der Waals surface area contributed by atoms with E-state index in [1.807, 2.05) is 29.2 Å². The van der Waals surface area contributed by atoms with Gasteiger partial charge in [-0.25, -0.2) is 4.39 Å². The van der Waals surface area contributed by atoms with E-state index in [2.05, 4.69) is 15.9 Å². The minimum absolute atomic E-state index is 0.0340. The first-order valence-electron chi connectivity index (χ1n) is 6.95. The van der Waals surface area contributed by atoms with Crippen molar-refractivity contribution in [1.82, 2.24) is 4.90 Å². The average molecular weight is 348 g/mol. The second kappa shape index (κ2) is 5.98. The lowest BCUT2D eigenvalue weighted by atomic mass is 10.1. The third kappa shape index (κ3) is 3.32. The normalized spacial score (nSPS) is 14.0. The molecule has 0 radical (unpaired) electrons. The summed E-state index contributed by atoms with van der Waals surface area (Å²) in [5, 5.41) is 0. The van der Waals surface area contributed by atoms with Gasteiger partial charge in [-0.1, -0.05) is 34.1 Å². The Balaban J connectivity index is 1.83. The molecule has 0 aromatic heterocycles. The predicted molar refractivity (Wildman–Crippen MR) is 83.4 cm³/mol. The van der Waals surface area contributed by atoms with Gasteiger partial charge in [0.2, 0.25) is 0 Å². The van der Waals surface area contributed by atoms with Crippen LogP contribution in [-0.4, -0.2) is 16.8 Å². The molecule has 1 fully saturated rings. The van der Waals surface area contributed by atoms with Crippen molar-refractivity contribution in [2.75, 3.05) is 0 Å². The number of rotatable bonds is 4. The van der Waals surface area contributed by atoms with Crippen LogP contribution in [0.4, 0.5) is 4.39 Å². The smallest absolute Gasteiger partial charge is 0.254 e.